The van der Waals surface area contributed by atoms with Gasteiger partial charge in [0.05, 0.1) is 31.4 Å². The van der Waals surface area contributed by atoms with Gasteiger partial charge in [0.2, 0.25) is 0 Å². The van der Waals surface area contributed by atoms with Gasteiger partial charge in [0.15, 0.2) is 0 Å². The van der Waals surface area contributed by atoms with E-state index in [1.165, 1.54) is 0 Å². The third-order valence-electron chi connectivity index (χ3n) is 3.72. The van der Waals surface area contributed by atoms with E-state index in [0.29, 0.717) is 12.1 Å². The molecule has 114 valence electrons. The fraction of sp³-hybridized carbons (Fsp3) is 0.278. The molecule has 0 bridgehead atoms. The molecule has 0 spiro atoms. The number of nitriles is 1. The topological polar surface area (TPSA) is 56.5 Å². The molecule has 2 aromatic carbocycles. The Kier molecular flexibility index (Phi) is 5.54. The maximum absolute atomic E-state index is 9.72. The van der Waals surface area contributed by atoms with Crippen LogP contribution in [0.1, 0.15) is 22.7 Å². The van der Waals surface area contributed by atoms with Gasteiger partial charge >= 0.3 is 0 Å². The molecule has 1 unspecified atom stereocenters. The Morgan fingerprint density at radius 2 is 1.77 bits per heavy atom. The van der Waals surface area contributed by atoms with Crippen molar-refractivity contribution in [1.82, 2.24) is 4.90 Å². The van der Waals surface area contributed by atoms with Crippen LogP contribution >= 0.6 is 0 Å². The minimum Gasteiger partial charge on any atom is -0.497 e. The van der Waals surface area contributed by atoms with Gasteiger partial charge in [0.25, 0.3) is 0 Å². The summed E-state index contributed by atoms with van der Waals surface area (Å²) in [7, 11) is 3.61. The molecule has 1 atom stereocenters. The van der Waals surface area contributed by atoms with Crippen LogP contribution in [0.5, 0.6) is 5.75 Å². The monoisotopic (exact) mass is 296 g/mol. The molecule has 0 amide bonds. The van der Waals surface area contributed by atoms with Crippen LogP contribution in [-0.2, 0) is 6.54 Å². The van der Waals surface area contributed by atoms with Gasteiger partial charge in [-0.15, -0.1) is 0 Å². The van der Waals surface area contributed by atoms with E-state index in [2.05, 4.69) is 11.0 Å². The van der Waals surface area contributed by atoms with Crippen LogP contribution in [0.15, 0.2) is 48.5 Å². The van der Waals surface area contributed by atoms with Crippen molar-refractivity contribution in [2.75, 3.05) is 20.8 Å². The van der Waals surface area contributed by atoms with Crippen LogP contribution in [0.2, 0.25) is 0 Å². The number of hydrogen-bond acceptors (Lipinski definition) is 4. The second kappa shape index (κ2) is 7.60. The molecule has 0 fully saturated rings. The summed E-state index contributed by atoms with van der Waals surface area (Å²) in [6.45, 7) is 0.738. The quantitative estimate of drug-likeness (QED) is 0.890. The summed E-state index contributed by atoms with van der Waals surface area (Å²) in [6, 6.07) is 17.3. The predicted octanol–water partition coefficient (Wildman–Crippen LogP) is 2.73. The summed E-state index contributed by atoms with van der Waals surface area (Å²) >= 11 is 0. The molecule has 0 radical (unpaired) electrons. The maximum Gasteiger partial charge on any atom is 0.118 e. The highest BCUT2D eigenvalue weighted by atomic mass is 16.5. The van der Waals surface area contributed by atoms with Crippen molar-refractivity contribution in [2.45, 2.75) is 12.6 Å². The van der Waals surface area contributed by atoms with Crippen LogP contribution in [-0.4, -0.2) is 30.8 Å². The molecule has 0 aliphatic rings. The third kappa shape index (κ3) is 3.85. The third-order valence-corrected chi connectivity index (χ3v) is 3.72. The molecule has 2 rings (SSSR count). The summed E-state index contributed by atoms with van der Waals surface area (Å²) in [5.41, 5.74) is 2.80. The van der Waals surface area contributed by atoms with Crippen LogP contribution in [0.25, 0.3) is 0 Å². The van der Waals surface area contributed by atoms with Crippen molar-refractivity contribution in [1.29, 1.82) is 5.26 Å². The zero-order chi connectivity index (χ0) is 15.9. The van der Waals surface area contributed by atoms with Gasteiger partial charge in [0.1, 0.15) is 5.75 Å². The van der Waals surface area contributed by atoms with E-state index in [0.717, 1.165) is 16.9 Å². The first kappa shape index (κ1) is 16.0. The van der Waals surface area contributed by atoms with Crippen molar-refractivity contribution in [3.05, 3.63) is 65.2 Å². The van der Waals surface area contributed by atoms with Gasteiger partial charge in [-0.2, -0.15) is 5.26 Å². The largest absolute Gasteiger partial charge is 0.497 e. The Hall–Kier alpha value is -2.35. The number of rotatable bonds is 6. The number of ether oxygens (including phenoxy) is 1. The van der Waals surface area contributed by atoms with E-state index in [1.54, 1.807) is 7.11 Å². The van der Waals surface area contributed by atoms with Crippen molar-refractivity contribution >= 4 is 0 Å². The molecule has 1 N–H and O–H groups in total. The first-order valence-corrected chi connectivity index (χ1v) is 7.12. The van der Waals surface area contributed by atoms with Crippen LogP contribution in [0, 0.1) is 11.3 Å². The Labute approximate surface area is 131 Å². The van der Waals surface area contributed by atoms with Crippen molar-refractivity contribution in [3.8, 4) is 11.8 Å². The molecule has 0 aliphatic heterocycles. The lowest BCUT2D eigenvalue weighted by Gasteiger charge is -2.27. The van der Waals surface area contributed by atoms with E-state index >= 15 is 0 Å². The number of methoxy groups -OCH3 is 1. The molecule has 22 heavy (non-hydrogen) atoms. The van der Waals surface area contributed by atoms with E-state index < -0.39 is 0 Å². The van der Waals surface area contributed by atoms with Crippen LogP contribution < -0.4 is 4.74 Å². The Balaban J connectivity index is 2.10. The van der Waals surface area contributed by atoms with Gasteiger partial charge in [-0.1, -0.05) is 24.3 Å². The number of nitrogens with zero attached hydrogens (tertiary/aromatic N) is 2. The number of benzene rings is 2. The van der Waals surface area contributed by atoms with E-state index in [9.17, 15) is 5.11 Å². The molecule has 0 aliphatic carbocycles. The minimum absolute atomic E-state index is 0.0408. The van der Waals surface area contributed by atoms with Gasteiger partial charge in [-0.05, 0) is 42.4 Å². The summed E-state index contributed by atoms with van der Waals surface area (Å²) in [4.78, 5) is 2.09. The molecule has 2 aromatic rings. The molecule has 0 saturated carbocycles. The maximum atomic E-state index is 9.72. The van der Waals surface area contributed by atoms with Crippen LogP contribution in [0.4, 0.5) is 0 Å². The van der Waals surface area contributed by atoms with Gasteiger partial charge in [-0.25, -0.2) is 0 Å². The van der Waals surface area contributed by atoms with Crippen LogP contribution in [0.3, 0.4) is 0 Å². The molecule has 0 heterocycles. The highest BCUT2D eigenvalue weighted by Gasteiger charge is 2.16. The smallest absolute Gasteiger partial charge is 0.118 e. The number of likely N-dealkylation sites (N-methyl/N-ethyl adjacent to an activating group) is 1. The average Bonchev–Trinajstić information content (AvgIpc) is 2.57. The zero-order valence-corrected chi connectivity index (χ0v) is 12.9. The first-order valence-electron chi connectivity index (χ1n) is 7.12. The Morgan fingerprint density at radius 1 is 1.14 bits per heavy atom. The lowest BCUT2D eigenvalue weighted by Crippen LogP contribution is -2.26. The lowest BCUT2D eigenvalue weighted by atomic mass is 10.0. The van der Waals surface area contributed by atoms with Crippen molar-refractivity contribution < 1.29 is 9.84 Å². The lowest BCUT2D eigenvalue weighted by molar-refractivity contribution is 0.142. The fourth-order valence-electron chi connectivity index (χ4n) is 2.41. The Bertz CT molecular complexity index is 630. The SMILES string of the molecule is COc1ccc(C(CO)N(C)Cc2ccc(C#N)cc2)cc1. The standard InChI is InChI=1S/C18H20N2O2/c1-20(12-15-5-3-14(11-19)4-6-15)18(13-21)16-7-9-17(22-2)10-8-16/h3-10,18,21H,12-13H2,1-2H3. The Morgan fingerprint density at radius 3 is 2.27 bits per heavy atom. The van der Waals surface area contributed by atoms with E-state index in [1.807, 2.05) is 55.6 Å². The molecular formula is C18H20N2O2. The van der Waals surface area contributed by atoms with Crippen molar-refractivity contribution in [2.24, 2.45) is 0 Å². The summed E-state index contributed by atoms with van der Waals surface area (Å²) in [6.07, 6.45) is 0. The number of aliphatic hydroxyl groups is 1. The molecule has 4 nitrogen and oxygen atoms in total. The van der Waals surface area contributed by atoms with Crippen molar-refractivity contribution in [3.63, 3.8) is 0 Å². The van der Waals surface area contributed by atoms with E-state index in [4.69, 9.17) is 10.00 Å². The molecule has 4 heteroatoms. The summed E-state index contributed by atoms with van der Waals surface area (Å²) < 4.78 is 5.16. The van der Waals surface area contributed by atoms with Gasteiger partial charge in [0, 0.05) is 6.54 Å². The zero-order valence-electron chi connectivity index (χ0n) is 12.9. The predicted molar refractivity (Wildman–Crippen MR) is 85.4 cm³/mol. The average molecular weight is 296 g/mol. The van der Waals surface area contributed by atoms with Gasteiger partial charge in [-0.3, -0.25) is 4.90 Å². The second-order valence-electron chi connectivity index (χ2n) is 5.20. The van der Waals surface area contributed by atoms with E-state index in [-0.39, 0.29) is 12.6 Å². The summed E-state index contributed by atoms with van der Waals surface area (Å²) in [5, 5.41) is 18.5. The minimum atomic E-state index is -0.0819. The van der Waals surface area contributed by atoms with Gasteiger partial charge < -0.3 is 9.84 Å². The number of aliphatic hydroxyl groups excluding tert-OH is 1. The summed E-state index contributed by atoms with van der Waals surface area (Å²) in [5.74, 6) is 0.801. The first-order chi connectivity index (χ1) is 10.7. The second-order valence-corrected chi connectivity index (χ2v) is 5.20. The molecule has 0 aromatic heterocycles. The highest BCUT2D eigenvalue weighted by molar-refractivity contribution is 5.32. The molecule has 0 saturated heterocycles. The highest BCUT2D eigenvalue weighted by Crippen LogP contribution is 2.23. The normalized spacial score (nSPS) is 12.0. The molecular weight excluding hydrogens is 276 g/mol. The fourth-order valence-corrected chi connectivity index (χ4v) is 2.41. The number of hydrogen-bond donors (Lipinski definition) is 1.